The van der Waals surface area contributed by atoms with E-state index in [1.807, 2.05) is 26.0 Å². The van der Waals surface area contributed by atoms with Crippen molar-refractivity contribution in [1.29, 1.82) is 0 Å². The summed E-state index contributed by atoms with van der Waals surface area (Å²) < 4.78 is 5.18. The second kappa shape index (κ2) is 5.32. The van der Waals surface area contributed by atoms with E-state index >= 15 is 0 Å². The van der Waals surface area contributed by atoms with Crippen LogP contribution < -0.4 is 0 Å². The highest BCUT2D eigenvalue weighted by atomic mass is 16.5. The zero-order valence-corrected chi connectivity index (χ0v) is 9.32. The van der Waals surface area contributed by atoms with Crippen LogP contribution in [0.4, 0.5) is 0 Å². The molecule has 1 heterocycles. The quantitative estimate of drug-likeness (QED) is 0.606. The van der Waals surface area contributed by atoms with Gasteiger partial charge in [-0.1, -0.05) is 0 Å². The zero-order valence-electron chi connectivity index (χ0n) is 9.32. The highest BCUT2D eigenvalue weighted by Crippen LogP contribution is 2.15. The second-order valence-corrected chi connectivity index (χ2v) is 4.11. The topological polar surface area (TPSA) is 32.8 Å². The first-order chi connectivity index (χ1) is 6.61. The molecule has 0 saturated carbocycles. The Hall–Kier alpha value is -0.610. The second-order valence-electron chi connectivity index (χ2n) is 4.11. The Morgan fingerprint density at radius 1 is 1.57 bits per heavy atom. The molecule has 0 spiro atoms. The van der Waals surface area contributed by atoms with Crippen LogP contribution in [-0.4, -0.2) is 62.7 Å². The molecule has 14 heavy (non-hydrogen) atoms. The summed E-state index contributed by atoms with van der Waals surface area (Å²) in [5, 5.41) is 0. The van der Waals surface area contributed by atoms with Crippen molar-refractivity contribution in [3.8, 4) is 0 Å². The van der Waals surface area contributed by atoms with Gasteiger partial charge in [-0.3, -0.25) is 9.69 Å². The van der Waals surface area contributed by atoms with Crippen LogP contribution in [0.3, 0.4) is 0 Å². The molecule has 0 bridgehead atoms. The van der Waals surface area contributed by atoms with E-state index in [4.69, 9.17) is 4.74 Å². The SMILES string of the molecule is CN(C)CCOC(=O)[C@H]1CCCN1C. The molecular formula is C10H20N2O2. The van der Waals surface area contributed by atoms with Crippen molar-refractivity contribution in [2.75, 3.05) is 40.8 Å². The van der Waals surface area contributed by atoms with Crippen molar-refractivity contribution in [3.63, 3.8) is 0 Å². The number of hydrogen-bond acceptors (Lipinski definition) is 4. The molecule has 0 N–H and O–H groups in total. The summed E-state index contributed by atoms with van der Waals surface area (Å²) in [4.78, 5) is 15.6. The molecule has 1 aliphatic rings. The van der Waals surface area contributed by atoms with Crippen LogP contribution in [0.25, 0.3) is 0 Å². The molecule has 1 atom stereocenters. The first kappa shape index (κ1) is 11.5. The van der Waals surface area contributed by atoms with Crippen LogP contribution in [0.5, 0.6) is 0 Å². The molecule has 4 nitrogen and oxygen atoms in total. The molecule has 0 aromatic carbocycles. The highest BCUT2D eigenvalue weighted by Gasteiger charge is 2.28. The highest BCUT2D eigenvalue weighted by molar-refractivity contribution is 5.76. The van der Waals surface area contributed by atoms with Crippen LogP contribution in [0.2, 0.25) is 0 Å². The number of likely N-dealkylation sites (N-methyl/N-ethyl adjacent to an activating group) is 2. The van der Waals surface area contributed by atoms with Gasteiger partial charge in [0.1, 0.15) is 12.6 Å². The van der Waals surface area contributed by atoms with E-state index in [0.29, 0.717) is 6.61 Å². The van der Waals surface area contributed by atoms with E-state index < -0.39 is 0 Å². The predicted molar refractivity (Wildman–Crippen MR) is 55.2 cm³/mol. The van der Waals surface area contributed by atoms with Gasteiger partial charge >= 0.3 is 5.97 Å². The minimum Gasteiger partial charge on any atom is -0.463 e. The molecule has 1 aliphatic heterocycles. The summed E-state index contributed by atoms with van der Waals surface area (Å²) in [6.45, 7) is 2.30. The van der Waals surface area contributed by atoms with Crippen LogP contribution in [0.15, 0.2) is 0 Å². The Morgan fingerprint density at radius 2 is 2.29 bits per heavy atom. The van der Waals surface area contributed by atoms with E-state index in [9.17, 15) is 4.79 Å². The van der Waals surface area contributed by atoms with Crippen molar-refractivity contribution in [1.82, 2.24) is 9.80 Å². The maximum Gasteiger partial charge on any atom is 0.323 e. The summed E-state index contributed by atoms with van der Waals surface area (Å²) in [7, 11) is 5.91. The molecule has 0 amide bonds. The lowest BCUT2D eigenvalue weighted by Crippen LogP contribution is -2.35. The van der Waals surface area contributed by atoms with E-state index in [1.54, 1.807) is 0 Å². The van der Waals surface area contributed by atoms with Crippen LogP contribution >= 0.6 is 0 Å². The maximum absolute atomic E-state index is 11.6. The number of carbonyl (C=O) groups is 1. The van der Waals surface area contributed by atoms with Crippen molar-refractivity contribution in [2.45, 2.75) is 18.9 Å². The molecule has 4 heteroatoms. The predicted octanol–water partition coefficient (Wildman–Crippen LogP) is 0.185. The van der Waals surface area contributed by atoms with E-state index in [1.165, 1.54) is 0 Å². The molecule has 0 radical (unpaired) electrons. The minimum atomic E-state index is -0.0631. The molecule has 0 aromatic rings. The average Bonchev–Trinajstić information content (AvgIpc) is 2.50. The number of likely N-dealkylation sites (tertiary alicyclic amines) is 1. The van der Waals surface area contributed by atoms with E-state index in [2.05, 4.69) is 4.90 Å². The molecule has 1 fully saturated rings. The Bertz CT molecular complexity index is 195. The Balaban J connectivity index is 2.21. The van der Waals surface area contributed by atoms with Gasteiger partial charge < -0.3 is 9.64 Å². The van der Waals surface area contributed by atoms with Crippen molar-refractivity contribution < 1.29 is 9.53 Å². The number of ether oxygens (including phenoxy) is 1. The fourth-order valence-electron chi connectivity index (χ4n) is 1.63. The Labute approximate surface area is 85.8 Å². The Kier molecular flexibility index (Phi) is 4.35. The van der Waals surface area contributed by atoms with E-state index in [-0.39, 0.29) is 12.0 Å². The third kappa shape index (κ3) is 3.27. The van der Waals surface area contributed by atoms with Gasteiger partial charge in [-0.2, -0.15) is 0 Å². The number of hydrogen-bond donors (Lipinski definition) is 0. The number of rotatable bonds is 4. The normalized spacial score (nSPS) is 23.0. The lowest BCUT2D eigenvalue weighted by molar-refractivity contribution is -0.148. The summed E-state index contributed by atoms with van der Waals surface area (Å²) >= 11 is 0. The lowest BCUT2D eigenvalue weighted by Gasteiger charge is -2.18. The fraction of sp³-hybridized carbons (Fsp3) is 0.900. The van der Waals surface area contributed by atoms with E-state index in [0.717, 1.165) is 25.9 Å². The molecule has 0 aromatic heterocycles. The molecule has 1 rings (SSSR count). The first-order valence-electron chi connectivity index (χ1n) is 5.13. The molecule has 1 saturated heterocycles. The van der Waals surface area contributed by atoms with Gasteiger partial charge in [-0.15, -0.1) is 0 Å². The number of esters is 1. The van der Waals surface area contributed by atoms with Gasteiger partial charge in [-0.05, 0) is 40.5 Å². The lowest BCUT2D eigenvalue weighted by atomic mass is 10.2. The molecule has 0 aliphatic carbocycles. The van der Waals surface area contributed by atoms with Crippen LogP contribution in [0, 0.1) is 0 Å². The maximum atomic E-state index is 11.6. The van der Waals surface area contributed by atoms with Gasteiger partial charge in [0.05, 0.1) is 0 Å². The monoisotopic (exact) mass is 200 g/mol. The van der Waals surface area contributed by atoms with Crippen LogP contribution in [0.1, 0.15) is 12.8 Å². The van der Waals surface area contributed by atoms with Gasteiger partial charge in [0.15, 0.2) is 0 Å². The number of carbonyl (C=O) groups excluding carboxylic acids is 1. The molecule has 82 valence electrons. The van der Waals surface area contributed by atoms with Crippen molar-refractivity contribution >= 4 is 5.97 Å². The van der Waals surface area contributed by atoms with Crippen molar-refractivity contribution in [2.24, 2.45) is 0 Å². The summed E-state index contributed by atoms with van der Waals surface area (Å²) in [5.74, 6) is -0.0631. The standard InChI is InChI=1S/C10H20N2O2/c1-11(2)7-8-14-10(13)9-5-4-6-12(9)3/h9H,4-8H2,1-3H3/t9-/m1/s1. The summed E-state index contributed by atoms with van der Waals surface area (Å²) in [5.41, 5.74) is 0. The molecular weight excluding hydrogens is 180 g/mol. The smallest absolute Gasteiger partial charge is 0.323 e. The van der Waals surface area contributed by atoms with Crippen LogP contribution in [-0.2, 0) is 9.53 Å². The van der Waals surface area contributed by atoms with Gasteiger partial charge in [0, 0.05) is 6.54 Å². The average molecular weight is 200 g/mol. The first-order valence-corrected chi connectivity index (χ1v) is 5.13. The van der Waals surface area contributed by atoms with Gasteiger partial charge in [0.2, 0.25) is 0 Å². The minimum absolute atomic E-state index is 0.00263. The number of nitrogens with zero attached hydrogens (tertiary/aromatic N) is 2. The third-order valence-corrected chi connectivity index (χ3v) is 2.58. The Morgan fingerprint density at radius 3 is 2.79 bits per heavy atom. The van der Waals surface area contributed by atoms with Gasteiger partial charge in [-0.25, -0.2) is 0 Å². The third-order valence-electron chi connectivity index (χ3n) is 2.58. The largest absolute Gasteiger partial charge is 0.463 e. The van der Waals surface area contributed by atoms with Crippen molar-refractivity contribution in [3.05, 3.63) is 0 Å². The van der Waals surface area contributed by atoms with Gasteiger partial charge in [0.25, 0.3) is 0 Å². The summed E-state index contributed by atoms with van der Waals surface area (Å²) in [6, 6.07) is -0.00263. The zero-order chi connectivity index (χ0) is 10.6. The molecule has 0 unspecified atom stereocenters. The summed E-state index contributed by atoms with van der Waals surface area (Å²) in [6.07, 6.45) is 2.04. The fourth-order valence-corrected chi connectivity index (χ4v) is 1.63.